The van der Waals surface area contributed by atoms with Gasteiger partial charge in [0.1, 0.15) is 28.6 Å². The number of hydrogen-bond donors (Lipinski definition) is 6. The van der Waals surface area contributed by atoms with Crippen LogP contribution in [-0.2, 0) is 19.2 Å². The Balaban J connectivity index is 1.75. The van der Waals surface area contributed by atoms with Crippen molar-refractivity contribution in [3.63, 3.8) is 0 Å². The molecule has 0 spiro atoms. The van der Waals surface area contributed by atoms with Crippen LogP contribution in [0.3, 0.4) is 0 Å². The van der Waals surface area contributed by atoms with E-state index in [0.717, 1.165) is 12.8 Å². The number of amides is 1. The maximum Gasteiger partial charge on any atom is 0.255 e. The molecule has 5 rings (SSSR count). The van der Waals surface area contributed by atoms with Gasteiger partial charge < -0.3 is 31.3 Å². The van der Waals surface area contributed by atoms with Crippen molar-refractivity contribution in [2.24, 2.45) is 23.5 Å². The summed E-state index contributed by atoms with van der Waals surface area (Å²) >= 11 is 0. The van der Waals surface area contributed by atoms with Crippen LogP contribution in [0.4, 0.5) is 0 Å². The Kier molecular flexibility index (Phi) is 6.44. The van der Waals surface area contributed by atoms with Crippen molar-refractivity contribution in [3.05, 3.63) is 46.2 Å². The van der Waals surface area contributed by atoms with E-state index >= 15 is 0 Å². The van der Waals surface area contributed by atoms with Gasteiger partial charge in [-0.25, -0.2) is 0 Å². The van der Waals surface area contributed by atoms with Gasteiger partial charge in [0.15, 0.2) is 11.4 Å². The second-order valence-electron chi connectivity index (χ2n) is 11.3. The number of primary amides is 1. The molecule has 0 radical (unpaired) electrons. The van der Waals surface area contributed by atoms with Gasteiger partial charge in [-0.05, 0) is 38.6 Å². The molecular weight excluding hydrogens is 508 g/mol. The first-order chi connectivity index (χ1) is 18.3. The van der Waals surface area contributed by atoms with E-state index in [-0.39, 0.29) is 29.4 Å². The molecule has 4 aliphatic carbocycles. The summed E-state index contributed by atoms with van der Waals surface area (Å²) in [5.74, 6) is -10.1. The fourth-order valence-electron chi connectivity index (χ4n) is 7.27. The van der Waals surface area contributed by atoms with Gasteiger partial charge in [0.05, 0.1) is 23.6 Å². The molecule has 4 aliphatic rings. The predicted molar refractivity (Wildman–Crippen MR) is 136 cm³/mol. The Morgan fingerprint density at radius 2 is 1.74 bits per heavy atom. The number of rotatable bonds is 5. The van der Waals surface area contributed by atoms with Gasteiger partial charge in [-0.3, -0.25) is 24.1 Å². The summed E-state index contributed by atoms with van der Waals surface area (Å²) in [7, 11) is 2.89. The third-order valence-corrected chi connectivity index (χ3v) is 9.03. The van der Waals surface area contributed by atoms with Gasteiger partial charge in [0, 0.05) is 29.7 Å². The lowest BCUT2D eigenvalue weighted by Gasteiger charge is -2.54. The number of ketones is 3. The van der Waals surface area contributed by atoms with Crippen LogP contribution in [-0.4, -0.2) is 85.5 Å². The summed E-state index contributed by atoms with van der Waals surface area (Å²) in [6.45, 7) is 0. The molecule has 11 heteroatoms. The van der Waals surface area contributed by atoms with Crippen molar-refractivity contribution < 1.29 is 44.7 Å². The van der Waals surface area contributed by atoms with Crippen LogP contribution >= 0.6 is 0 Å². The van der Waals surface area contributed by atoms with E-state index in [1.807, 2.05) is 0 Å². The molecule has 2 fully saturated rings. The molecule has 7 N–H and O–H groups in total. The molecule has 1 aromatic carbocycles. The molecule has 0 aromatic heterocycles. The van der Waals surface area contributed by atoms with Crippen LogP contribution in [0, 0.1) is 17.8 Å². The number of hydrogen-bond acceptors (Lipinski definition) is 10. The summed E-state index contributed by atoms with van der Waals surface area (Å²) in [6.07, 6.45) is 1.39. The van der Waals surface area contributed by atoms with Crippen LogP contribution in [0.25, 0.3) is 5.76 Å². The quantitative estimate of drug-likeness (QED) is 0.288. The largest absolute Gasteiger partial charge is 0.508 e. The lowest BCUT2D eigenvalue weighted by molar-refractivity contribution is -0.170. The SMILES string of the molecule is CN(C)[C@H]1C(=O)C(C(N)=O)=C(O)[C@]2(O)C(=O)C3=C(O)c4c(O)cccc4[C@@H](CC(=O)C4CCCC4)[C@@H]3[C@@H](O)[C@H]12. The number of carbonyl (C=O) groups excluding carboxylic acids is 4. The van der Waals surface area contributed by atoms with E-state index < -0.39 is 75.6 Å². The van der Waals surface area contributed by atoms with Crippen molar-refractivity contribution in [1.82, 2.24) is 4.90 Å². The van der Waals surface area contributed by atoms with E-state index in [0.29, 0.717) is 18.4 Å². The molecule has 0 aliphatic heterocycles. The van der Waals surface area contributed by atoms with E-state index in [9.17, 15) is 44.7 Å². The van der Waals surface area contributed by atoms with Crippen LogP contribution in [0.2, 0.25) is 0 Å². The number of aliphatic hydroxyl groups excluding tert-OH is 3. The normalized spacial score (nSPS) is 32.8. The van der Waals surface area contributed by atoms with Gasteiger partial charge in [-0.1, -0.05) is 25.0 Å². The van der Waals surface area contributed by atoms with Crippen LogP contribution in [0.15, 0.2) is 35.1 Å². The van der Waals surface area contributed by atoms with E-state index in [2.05, 4.69) is 0 Å². The first-order valence-electron chi connectivity index (χ1n) is 13.0. The van der Waals surface area contributed by atoms with Crippen LogP contribution < -0.4 is 5.73 Å². The molecule has 1 amide bonds. The van der Waals surface area contributed by atoms with Gasteiger partial charge in [-0.2, -0.15) is 0 Å². The van der Waals surface area contributed by atoms with Gasteiger partial charge in [0.2, 0.25) is 5.78 Å². The minimum Gasteiger partial charge on any atom is -0.508 e. The molecule has 2 saturated carbocycles. The lowest BCUT2D eigenvalue weighted by Crippen LogP contribution is -2.70. The second kappa shape index (κ2) is 9.29. The minimum absolute atomic E-state index is 0.0874. The Labute approximate surface area is 224 Å². The fourth-order valence-corrected chi connectivity index (χ4v) is 7.27. The van der Waals surface area contributed by atoms with Crippen molar-refractivity contribution in [2.45, 2.75) is 55.8 Å². The predicted octanol–water partition coefficient (Wildman–Crippen LogP) is 0.625. The summed E-state index contributed by atoms with van der Waals surface area (Å²) in [5, 5.41) is 56.6. The second-order valence-corrected chi connectivity index (χ2v) is 11.3. The number of phenols is 1. The van der Waals surface area contributed by atoms with E-state index in [4.69, 9.17) is 5.73 Å². The molecule has 208 valence electrons. The number of aromatic hydroxyl groups is 1. The monoisotopic (exact) mass is 540 g/mol. The average molecular weight is 541 g/mol. The van der Waals surface area contributed by atoms with Crippen molar-refractivity contribution in [2.75, 3.05) is 14.1 Å². The maximum atomic E-state index is 14.1. The Morgan fingerprint density at radius 1 is 1.10 bits per heavy atom. The number of fused-ring (bicyclic) bond motifs is 3. The summed E-state index contributed by atoms with van der Waals surface area (Å²) in [4.78, 5) is 54.3. The van der Waals surface area contributed by atoms with Crippen molar-refractivity contribution >= 4 is 29.0 Å². The number of nitrogens with two attached hydrogens (primary N) is 1. The number of benzene rings is 1. The first-order valence-corrected chi connectivity index (χ1v) is 13.0. The fraction of sp³-hybridized carbons (Fsp3) is 0.500. The molecule has 39 heavy (non-hydrogen) atoms. The highest BCUT2D eigenvalue weighted by Gasteiger charge is 2.68. The van der Waals surface area contributed by atoms with Crippen molar-refractivity contribution in [3.8, 4) is 5.75 Å². The van der Waals surface area contributed by atoms with Crippen LogP contribution in [0.1, 0.15) is 49.1 Å². The molecule has 6 atom stereocenters. The Bertz CT molecular complexity index is 1360. The number of phenolic OH excluding ortho intramolecular Hbond substituents is 1. The number of aliphatic hydroxyl groups is 4. The molecular formula is C28H32N2O9. The average Bonchev–Trinajstić information content (AvgIpc) is 3.40. The van der Waals surface area contributed by atoms with Crippen molar-refractivity contribution in [1.29, 1.82) is 0 Å². The summed E-state index contributed by atoms with van der Waals surface area (Å²) < 4.78 is 0. The smallest absolute Gasteiger partial charge is 0.255 e. The molecule has 0 unspecified atom stereocenters. The zero-order valence-electron chi connectivity index (χ0n) is 21.6. The van der Waals surface area contributed by atoms with Crippen LogP contribution in [0.5, 0.6) is 5.75 Å². The molecule has 11 nitrogen and oxygen atoms in total. The zero-order chi connectivity index (χ0) is 28.5. The van der Waals surface area contributed by atoms with Gasteiger partial charge >= 0.3 is 0 Å². The first kappa shape index (κ1) is 27.0. The highest BCUT2D eigenvalue weighted by Crippen LogP contribution is 2.57. The summed E-state index contributed by atoms with van der Waals surface area (Å²) in [5.41, 5.74) is 1.09. The number of Topliss-reactive ketones (excluding diaryl/α,β-unsaturated/α-hetero) is 3. The minimum atomic E-state index is -2.99. The number of nitrogens with zero attached hydrogens (tertiary/aromatic N) is 1. The highest BCUT2D eigenvalue weighted by molar-refractivity contribution is 6.24. The maximum absolute atomic E-state index is 14.1. The lowest BCUT2D eigenvalue weighted by atomic mass is 9.53. The van der Waals surface area contributed by atoms with E-state index in [1.54, 1.807) is 6.07 Å². The zero-order valence-corrected chi connectivity index (χ0v) is 21.6. The Morgan fingerprint density at radius 3 is 2.33 bits per heavy atom. The third kappa shape index (κ3) is 3.67. The van der Waals surface area contributed by atoms with Gasteiger partial charge in [0.25, 0.3) is 5.91 Å². The Hall–Kier alpha value is -3.54. The third-order valence-electron chi connectivity index (χ3n) is 9.03. The highest BCUT2D eigenvalue weighted by atomic mass is 16.4. The number of likely N-dealkylation sites (N-methyl/N-ethyl adjacent to an activating group) is 1. The molecule has 0 bridgehead atoms. The van der Waals surface area contributed by atoms with Gasteiger partial charge in [-0.15, -0.1) is 0 Å². The molecule has 1 aromatic rings. The van der Waals surface area contributed by atoms with E-state index in [1.165, 1.54) is 31.1 Å². The number of carbonyl (C=O) groups is 4. The summed E-state index contributed by atoms with van der Waals surface area (Å²) in [6, 6.07) is 2.95. The topological polar surface area (TPSA) is 199 Å². The molecule has 0 saturated heterocycles. The molecule has 0 heterocycles. The standard InChI is InChI=1S/C28H32N2O9/c1-30(2)21-20-23(34)17-13(10-15(32)11-6-3-4-7-11)12-8-5-9-14(31)16(12)22(33)18(17)25(36)28(20,39)26(37)19(24(21)35)27(29)38/h5,8-9,11,13,17,20-21,23,31,33-34,37,39H,3-4,6-7,10H2,1-2H3,(H2,29,38)/t13-,17+,20+,21-,23-,28-/m1/s1.